The van der Waals surface area contributed by atoms with E-state index in [9.17, 15) is 4.79 Å². The molecule has 2 aromatic rings. The summed E-state index contributed by atoms with van der Waals surface area (Å²) in [4.78, 5) is 11.1. The molecule has 1 aromatic heterocycles. The zero-order chi connectivity index (χ0) is 16.4. The summed E-state index contributed by atoms with van der Waals surface area (Å²) in [6.45, 7) is 4.68. The summed E-state index contributed by atoms with van der Waals surface area (Å²) in [6, 6.07) is 7.78. The minimum Gasteiger partial charge on any atom is -0.461 e. The van der Waals surface area contributed by atoms with Crippen molar-refractivity contribution in [2.75, 3.05) is 6.54 Å². The van der Waals surface area contributed by atoms with Crippen molar-refractivity contribution in [1.82, 2.24) is 20.1 Å². The van der Waals surface area contributed by atoms with E-state index in [1.165, 1.54) is 6.92 Å². The number of aromatic nitrogens is 3. The number of carbonyl (C=O) groups excluding carboxylic acids is 1. The topological polar surface area (TPSA) is 69.0 Å². The normalized spacial score (nSPS) is 20.7. The molecule has 0 radical (unpaired) electrons. The van der Waals surface area contributed by atoms with Gasteiger partial charge in [0.25, 0.3) is 0 Å². The lowest BCUT2D eigenvalue weighted by Crippen LogP contribution is -2.20. The minimum atomic E-state index is -0.253. The average molecular weight is 335 g/mol. The number of nitrogens with one attached hydrogen (secondary N) is 1. The summed E-state index contributed by atoms with van der Waals surface area (Å²) in [5.41, 5.74) is 1.13. The van der Waals surface area contributed by atoms with Crippen molar-refractivity contribution in [2.24, 2.45) is 0 Å². The Morgan fingerprint density at radius 1 is 1.39 bits per heavy atom. The molecule has 2 unspecified atom stereocenters. The number of nitrogens with zero attached hydrogens (tertiary/aromatic N) is 3. The molecular formula is C16H19ClN4O2. The molecule has 0 bridgehead atoms. The van der Waals surface area contributed by atoms with Crippen LogP contribution < -0.4 is 5.32 Å². The molecule has 3 rings (SSSR count). The molecule has 1 saturated heterocycles. The molecule has 2 atom stereocenters. The summed E-state index contributed by atoms with van der Waals surface area (Å²) < 4.78 is 7.35. The lowest BCUT2D eigenvalue weighted by atomic mass is 10.1. The quantitative estimate of drug-likeness (QED) is 0.868. The van der Waals surface area contributed by atoms with Crippen molar-refractivity contribution >= 4 is 17.6 Å². The Hall–Kier alpha value is -1.92. The third-order valence-corrected chi connectivity index (χ3v) is 4.21. The van der Waals surface area contributed by atoms with E-state index in [1.807, 2.05) is 31.2 Å². The van der Waals surface area contributed by atoms with E-state index in [1.54, 1.807) is 0 Å². The van der Waals surface area contributed by atoms with E-state index in [0.717, 1.165) is 22.2 Å². The first-order valence-electron chi connectivity index (χ1n) is 7.57. The van der Waals surface area contributed by atoms with Crippen molar-refractivity contribution in [2.45, 2.75) is 39.0 Å². The molecule has 1 N–H and O–H groups in total. The van der Waals surface area contributed by atoms with E-state index in [4.69, 9.17) is 16.3 Å². The highest BCUT2D eigenvalue weighted by atomic mass is 35.5. The fourth-order valence-electron chi connectivity index (χ4n) is 2.85. The second-order valence-corrected chi connectivity index (χ2v) is 6.18. The maximum absolute atomic E-state index is 11.1. The molecule has 1 fully saturated rings. The van der Waals surface area contributed by atoms with Gasteiger partial charge in [0.1, 0.15) is 11.9 Å². The fraction of sp³-hybridized carbons (Fsp3) is 0.438. The number of esters is 1. The molecule has 0 spiro atoms. The van der Waals surface area contributed by atoms with Gasteiger partial charge in [-0.3, -0.25) is 4.79 Å². The van der Waals surface area contributed by atoms with Gasteiger partial charge in [0.2, 0.25) is 0 Å². The van der Waals surface area contributed by atoms with Crippen molar-refractivity contribution in [3.8, 4) is 0 Å². The largest absolute Gasteiger partial charge is 0.461 e. The maximum atomic E-state index is 11.1. The number of rotatable bonds is 4. The van der Waals surface area contributed by atoms with Gasteiger partial charge in [0.05, 0.1) is 12.6 Å². The van der Waals surface area contributed by atoms with Gasteiger partial charge in [-0.1, -0.05) is 23.7 Å². The summed E-state index contributed by atoms with van der Waals surface area (Å²) in [5.74, 6) is 1.47. The molecule has 7 heteroatoms. The van der Waals surface area contributed by atoms with E-state index < -0.39 is 0 Å². The lowest BCUT2D eigenvalue weighted by Gasteiger charge is -2.14. The van der Waals surface area contributed by atoms with Gasteiger partial charge >= 0.3 is 5.97 Å². The Balaban J connectivity index is 1.76. The third kappa shape index (κ3) is 3.71. The van der Waals surface area contributed by atoms with Crippen molar-refractivity contribution in [3.63, 3.8) is 0 Å². The maximum Gasteiger partial charge on any atom is 0.302 e. The monoisotopic (exact) mass is 334 g/mol. The molecule has 23 heavy (non-hydrogen) atoms. The molecule has 0 aliphatic carbocycles. The van der Waals surface area contributed by atoms with Gasteiger partial charge < -0.3 is 14.6 Å². The number of aryl methyl sites for hydroxylation is 1. The first kappa shape index (κ1) is 16.0. The highest BCUT2D eigenvalue weighted by molar-refractivity contribution is 6.30. The summed E-state index contributed by atoms with van der Waals surface area (Å²) in [5, 5.41) is 12.6. The van der Waals surface area contributed by atoms with Crippen LogP contribution in [0.25, 0.3) is 0 Å². The molecule has 0 saturated carbocycles. The standard InChI is InChI=1S/C16H19ClN4O2/c1-10-19-20-16(15-7-14(8-18-15)23-11(2)22)21(10)9-12-3-5-13(17)6-4-12/h3-6,14-15,18H,7-9H2,1-2H3. The van der Waals surface area contributed by atoms with Crippen LogP contribution in [0.1, 0.15) is 36.6 Å². The second-order valence-electron chi connectivity index (χ2n) is 5.75. The van der Waals surface area contributed by atoms with Gasteiger partial charge in [-0.15, -0.1) is 10.2 Å². The van der Waals surface area contributed by atoms with Gasteiger partial charge in [-0.2, -0.15) is 0 Å². The highest BCUT2D eigenvalue weighted by Crippen LogP contribution is 2.25. The first-order chi connectivity index (χ1) is 11.0. The Labute approximate surface area is 139 Å². The number of ether oxygens (including phenoxy) is 1. The van der Waals surface area contributed by atoms with E-state index in [-0.39, 0.29) is 18.1 Å². The number of hydrogen-bond acceptors (Lipinski definition) is 5. The van der Waals surface area contributed by atoms with Gasteiger partial charge in [-0.05, 0) is 24.6 Å². The molecule has 1 aliphatic rings. The Morgan fingerprint density at radius 2 is 2.13 bits per heavy atom. The number of carbonyl (C=O) groups is 1. The predicted octanol–water partition coefficient (Wildman–Crippen LogP) is 2.25. The second kappa shape index (κ2) is 6.68. The number of hydrogen-bond donors (Lipinski definition) is 1. The minimum absolute atomic E-state index is 0.0350. The Kier molecular flexibility index (Phi) is 4.63. The third-order valence-electron chi connectivity index (χ3n) is 3.95. The van der Waals surface area contributed by atoms with Crippen LogP contribution in [0.2, 0.25) is 5.02 Å². The van der Waals surface area contributed by atoms with Crippen LogP contribution in [0.5, 0.6) is 0 Å². The van der Waals surface area contributed by atoms with Crippen LogP contribution >= 0.6 is 11.6 Å². The molecule has 0 amide bonds. The Bertz CT molecular complexity index is 699. The van der Waals surface area contributed by atoms with Gasteiger partial charge in [-0.25, -0.2) is 0 Å². The van der Waals surface area contributed by atoms with Crippen LogP contribution in [0.4, 0.5) is 0 Å². The van der Waals surface area contributed by atoms with Crippen LogP contribution in [0.3, 0.4) is 0 Å². The van der Waals surface area contributed by atoms with E-state index >= 15 is 0 Å². The van der Waals surface area contributed by atoms with Crippen molar-refractivity contribution < 1.29 is 9.53 Å². The Morgan fingerprint density at radius 3 is 2.83 bits per heavy atom. The molecule has 6 nitrogen and oxygen atoms in total. The fourth-order valence-corrected chi connectivity index (χ4v) is 2.97. The summed E-state index contributed by atoms with van der Waals surface area (Å²) in [7, 11) is 0. The van der Waals surface area contributed by atoms with E-state index in [2.05, 4.69) is 20.1 Å². The highest BCUT2D eigenvalue weighted by Gasteiger charge is 2.31. The molecule has 1 aromatic carbocycles. The molecule has 122 valence electrons. The molecule has 2 heterocycles. The summed E-state index contributed by atoms with van der Waals surface area (Å²) >= 11 is 5.93. The molecule has 1 aliphatic heterocycles. The lowest BCUT2D eigenvalue weighted by molar-refractivity contribution is -0.145. The number of benzene rings is 1. The summed E-state index contributed by atoms with van der Waals surface area (Å²) in [6.07, 6.45) is 0.594. The predicted molar refractivity (Wildman–Crippen MR) is 86.2 cm³/mol. The van der Waals surface area contributed by atoms with E-state index in [0.29, 0.717) is 19.5 Å². The SMILES string of the molecule is CC(=O)OC1CNC(c2nnc(C)n2Cc2ccc(Cl)cc2)C1. The smallest absolute Gasteiger partial charge is 0.302 e. The van der Waals surface area contributed by atoms with Crippen molar-refractivity contribution in [1.29, 1.82) is 0 Å². The van der Waals surface area contributed by atoms with Gasteiger partial charge in [0, 0.05) is 24.9 Å². The zero-order valence-corrected chi connectivity index (χ0v) is 13.9. The average Bonchev–Trinajstić information content (AvgIpc) is 3.09. The zero-order valence-electron chi connectivity index (χ0n) is 13.1. The van der Waals surface area contributed by atoms with Gasteiger partial charge in [0.15, 0.2) is 5.82 Å². The van der Waals surface area contributed by atoms with Crippen LogP contribution in [-0.2, 0) is 16.1 Å². The number of halogens is 1. The van der Waals surface area contributed by atoms with Crippen LogP contribution in [-0.4, -0.2) is 33.4 Å². The first-order valence-corrected chi connectivity index (χ1v) is 7.95. The van der Waals surface area contributed by atoms with Crippen LogP contribution in [0, 0.1) is 6.92 Å². The van der Waals surface area contributed by atoms with Crippen LogP contribution in [0.15, 0.2) is 24.3 Å². The van der Waals surface area contributed by atoms with Crippen molar-refractivity contribution in [3.05, 3.63) is 46.5 Å². The molecular weight excluding hydrogens is 316 g/mol.